The van der Waals surface area contributed by atoms with Crippen LogP contribution < -0.4 is 10.6 Å². The van der Waals surface area contributed by atoms with Crippen molar-refractivity contribution in [2.45, 2.75) is 57.8 Å². The zero-order valence-electron chi connectivity index (χ0n) is 12.5. The molecule has 5 atom stereocenters. The van der Waals surface area contributed by atoms with Gasteiger partial charge < -0.3 is 15.4 Å². The van der Waals surface area contributed by atoms with Gasteiger partial charge in [-0.25, -0.2) is 0 Å². The maximum absolute atomic E-state index is 6.03. The largest absolute Gasteiger partial charge is 0.374 e. The smallest absolute Gasteiger partial charge is 0.244 e. The van der Waals surface area contributed by atoms with E-state index in [-0.39, 0.29) is 18.2 Å². The average molecular weight is 279 g/mol. The van der Waals surface area contributed by atoms with Crippen molar-refractivity contribution < 1.29 is 4.74 Å². The molecule has 2 fully saturated rings. The topological polar surface area (TPSA) is 80.1 Å². The summed E-state index contributed by atoms with van der Waals surface area (Å²) in [5, 5.41) is 7.51. The van der Waals surface area contributed by atoms with Gasteiger partial charge in [-0.3, -0.25) is 5.10 Å². The Morgan fingerprint density at radius 3 is 2.75 bits per heavy atom. The lowest BCUT2D eigenvalue weighted by Gasteiger charge is -2.29. The maximum atomic E-state index is 6.03. The minimum Gasteiger partial charge on any atom is -0.374 e. The van der Waals surface area contributed by atoms with Crippen molar-refractivity contribution in [1.82, 2.24) is 15.2 Å². The first kappa shape index (κ1) is 13.8. The fourth-order valence-corrected chi connectivity index (χ4v) is 3.49. The third-order valence-electron chi connectivity index (χ3n) is 4.79. The number of nitrogens with two attached hydrogens (primary N) is 1. The number of hydrogen-bond acceptors (Lipinski definition) is 5. The molecule has 20 heavy (non-hydrogen) atoms. The molecule has 3 heterocycles. The zero-order chi connectivity index (χ0) is 14.3. The number of anilines is 1. The highest BCUT2D eigenvalue weighted by Crippen LogP contribution is 2.38. The maximum Gasteiger partial charge on any atom is 0.244 e. The average Bonchev–Trinajstić information content (AvgIpc) is 2.96. The van der Waals surface area contributed by atoms with Gasteiger partial charge in [0.25, 0.3) is 0 Å². The molecule has 0 radical (unpaired) electrons. The fourth-order valence-electron chi connectivity index (χ4n) is 3.49. The lowest BCUT2D eigenvalue weighted by atomic mass is 9.89. The first-order valence-corrected chi connectivity index (χ1v) is 7.64. The highest BCUT2D eigenvalue weighted by atomic mass is 16.5. The number of aromatic amines is 1. The molecular formula is C14H25N5O. The summed E-state index contributed by atoms with van der Waals surface area (Å²) in [6, 6.07) is 0.235. The molecule has 6 nitrogen and oxygen atoms in total. The van der Waals surface area contributed by atoms with Crippen molar-refractivity contribution in [2.75, 3.05) is 18.0 Å². The van der Waals surface area contributed by atoms with E-state index in [0.717, 1.165) is 37.7 Å². The predicted molar refractivity (Wildman–Crippen MR) is 77.7 cm³/mol. The summed E-state index contributed by atoms with van der Waals surface area (Å²) in [5.41, 5.74) is 6.03. The molecule has 1 aromatic rings. The van der Waals surface area contributed by atoms with E-state index in [1.165, 1.54) is 0 Å². The highest BCUT2D eigenvalue weighted by Gasteiger charge is 2.40. The molecule has 2 saturated heterocycles. The number of aromatic nitrogens is 3. The van der Waals surface area contributed by atoms with E-state index in [0.29, 0.717) is 11.8 Å². The standard InChI is InChI=1S/C14H25N5O/c1-8-9(2)20-10(3)12(8)13-16-14(18-17-13)19-6-4-5-11(15)7-19/h8-12H,4-7,15H2,1-3H3,(H,16,17,18). The zero-order valence-corrected chi connectivity index (χ0v) is 12.5. The van der Waals surface area contributed by atoms with Crippen LogP contribution in [0.5, 0.6) is 0 Å². The molecule has 2 aliphatic rings. The molecular weight excluding hydrogens is 254 g/mol. The normalized spacial score (nSPS) is 38.4. The summed E-state index contributed by atoms with van der Waals surface area (Å²) in [5.74, 6) is 2.48. The molecule has 5 unspecified atom stereocenters. The Hall–Kier alpha value is -1.14. The molecule has 0 spiro atoms. The van der Waals surface area contributed by atoms with Crippen molar-refractivity contribution in [3.63, 3.8) is 0 Å². The van der Waals surface area contributed by atoms with Gasteiger partial charge in [-0.2, -0.15) is 4.98 Å². The Balaban J connectivity index is 1.76. The van der Waals surface area contributed by atoms with Crippen LogP contribution in [0.15, 0.2) is 0 Å². The Labute approximate surface area is 120 Å². The van der Waals surface area contributed by atoms with Crippen LogP contribution in [0.3, 0.4) is 0 Å². The number of rotatable bonds is 2. The second-order valence-corrected chi connectivity index (χ2v) is 6.30. The summed E-state index contributed by atoms with van der Waals surface area (Å²) >= 11 is 0. The Morgan fingerprint density at radius 1 is 1.30 bits per heavy atom. The van der Waals surface area contributed by atoms with Crippen LogP contribution >= 0.6 is 0 Å². The second-order valence-electron chi connectivity index (χ2n) is 6.30. The summed E-state index contributed by atoms with van der Waals surface area (Å²) < 4.78 is 5.89. The number of nitrogens with zero attached hydrogens (tertiary/aromatic N) is 3. The third-order valence-corrected chi connectivity index (χ3v) is 4.79. The van der Waals surface area contributed by atoms with Crippen molar-refractivity contribution >= 4 is 5.95 Å². The van der Waals surface area contributed by atoms with E-state index in [1.54, 1.807) is 0 Å². The SMILES string of the molecule is CC1OC(C)C(c2nc(N3CCCC(N)C3)n[nH]2)C1C. The number of H-pyrrole nitrogens is 1. The molecule has 6 heteroatoms. The van der Waals surface area contributed by atoms with E-state index < -0.39 is 0 Å². The molecule has 1 aromatic heterocycles. The molecule has 0 aliphatic carbocycles. The van der Waals surface area contributed by atoms with Gasteiger partial charge in [-0.05, 0) is 32.6 Å². The minimum absolute atomic E-state index is 0.185. The van der Waals surface area contributed by atoms with E-state index >= 15 is 0 Å². The van der Waals surface area contributed by atoms with Crippen LogP contribution in [0, 0.1) is 5.92 Å². The molecule has 112 valence electrons. The van der Waals surface area contributed by atoms with E-state index in [2.05, 4.69) is 35.9 Å². The molecule has 3 rings (SSSR count). The van der Waals surface area contributed by atoms with Crippen LogP contribution in [0.2, 0.25) is 0 Å². The van der Waals surface area contributed by atoms with Crippen molar-refractivity contribution in [1.29, 1.82) is 0 Å². The molecule has 0 bridgehead atoms. The van der Waals surface area contributed by atoms with Crippen LogP contribution in [-0.2, 0) is 4.74 Å². The fraction of sp³-hybridized carbons (Fsp3) is 0.857. The first-order valence-electron chi connectivity index (χ1n) is 7.64. The van der Waals surface area contributed by atoms with Crippen LogP contribution in [0.1, 0.15) is 45.4 Å². The van der Waals surface area contributed by atoms with Gasteiger partial charge in [0.2, 0.25) is 5.95 Å². The molecule has 3 N–H and O–H groups in total. The Morgan fingerprint density at radius 2 is 2.10 bits per heavy atom. The summed E-state index contributed by atoms with van der Waals surface area (Å²) in [4.78, 5) is 6.89. The lowest BCUT2D eigenvalue weighted by Crippen LogP contribution is -2.43. The Kier molecular flexibility index (Phi) is 3.69. The second kappa shape index (κ2) is 5.33. The predicted octanol–water partition coefficient (Wildman–Crippen LogP) is 1.26. The third kappa shape index (κ3) is 2.42. The van der Waals surface area contributed by atoms with Gasteiger partial charge in [-0.1, -0.05) is 6.92 Å². The Bertz CT molecular complexity index is 462. The highest BCUT2D eigenvalue weighted by molar-refractivity contribution is 5.31. The van der Waals surface area contributed by atoms with Crippen LogP contribution in [0.25, 0.3) is 0 Å². The molecule has 0 amide bonds. The van der Waals surface area contributed by atoms with E-state index in [1.807, 2.05) is 0 Å². The van der Waals surface area contributed by atoms with Crippen molar-refractivity contribution in [2.24, 2.45) is 11.7 Å². The summed E-state index contributed by atoms with van der Waals surface area (Å²) in [6.07, 6.45) is 2.66. The van der Waals surface area contributed by atoms with Crippen molar-refractivity contribution in [3.05, 3.63) is 5.82 Å². The van der Waals surface area contributed by atoms with Gasteiger partial charge in [0.1, 0.15) is 5.82 Å². The molecule has 0 saturated carbocycles. The molecule has 0 aromatic carbocycles. The van der Waals surface area contributed by atoms with Gasteiger partial charge >= 0.3 is 0 Å². The molecule has 2 aliphatic heterocycles. The number of piperidine rings is 1. The van der Waals surface area contributed by atoms with Crippen molar-refractivity contribution in [3.8, 4) is 0 Å². The summed E-state index contributed by atoms with van der Waals surface area (Å²) in [7, 11) is 0. The van der Waals surface area contributed by atoms with Gasteiger partial charge in [0.05, 0.1) is 12.2 Å². The quantitative estimate of drug-likeness (QED) is 0.852. The lowest BCUT2D eigenvalue weighted by molar-refractivity contribution is 0.0553. The van der Waals surface area contributed by atoms with Gasteiger partial charge in [-0.15, -0.1) is 5.10 Å². The van der Waals surface area contributed by atoms with Crippen LogP contribution in [-0.4, -0.2) is 46.5 Å². The van der Waals surface area contributed by atoms with E-state index in [9.17, 15) is 0 Å². The van der Waals surface area contributed by atoms with E-state index in [4.69, 9.17) is 15.5 Å². The van der Waals surface area contributed by atoms with Gasteiger partial charge in [0.15, 0.2) is 0 Å². The monoisotopic (exact) mass is 279 g/mol. The summed E-state index contributed by atoms with van der Waals surface area (Å²) in [6.45, 7) is 8.30. The number of nitrogens with one attached hydrogen (secondary N) is 1. The first-order chi connectivity index (χ1) is 9.56. The van der Waals surface area contributed by atoms with Gasteiger partial charge in [0, 0.05) is 25.0 Å². The van der Waals surface area contributed by atoms with Crippen LogP contribution in [0.4, 0.5) is 5.95 Å². The minimum atomic E-state index is 0.185. The number of hydrogen-bond donors (Lipinski definition) is 2. The number of ether oxygens (including phenoxy) is 1.